The van der Waals surface area contributed by atoms with Crippen LogP contribution in [0.3, 0.4) is 0 Å². The fourth-order valence-electron chi connectivity index (χ4n) is 2.15. The molecule has 1 aliphatic rings. The molecule has 3 rings (SSSR count). The number of hydrogen-bond donors (Lipinski definition) is 1. The van der Waals surface area contributed by atoms with Gasteiger partial charge in [-0.25, -0.2) is 14.5 Å². The van der Waals surface area contributed by atoms with Crippen LogP contribution < -0.4 is 0 Å². The monoisotopic (exact) mass is 287 g/mol. The largest absolute Gasteiger partial charge is 0.474 e. The van der Waals surface area contributed by atoms with Crippen LogP contribution in [0.5, 0.6) is 0 Å². The minimum absolute atomic E-state index is 0.0463. The molecule has 1 N–H and O–H groups in total. The Hall–Kier alpha value is -2.67. The molecule has 0 spiro atoms. The lowest BCUT2D eigenvalue weighted by Crippen LogP contribution is -2.21. The Bertz CT molecular complexity index is 693. The van der Waals surface area contributed by atoms with Crippen molar-refractivity contribution >= 4 is 11.9 Å². The van der Waals surface area contributed by atoms with Crippen molar-refractivity contribution in [3.05, 3.63) is 47.8 Å². The molecule has 0 radical (unpaired) electrons. The molecular formula is C14H13N3O4. The lowest BCUT2D eigenvalue weighted by atomic mass is 10.2. The second-order valence-corrected chi connectivity index (χ2v) is 4.56. The Morgan fingerprint density at radius 1 is 1.43 bits per heavy atom. The van der Waals surface area contributed by atoms with Gasteiger partial charge in [0.25, 0.3) is 0 Å². The number of benzene rings is 1. The van der Waals surface area contributed by atoms with Crippen LogP contribution in [0, 0.1) is 6.92 Å². The molecular weight excluding hydrogens is 274 g/mol. The fourth-order valence-corrected chi connectivity index (χ4v) is 2.15. The summed E-state index contributed by atoms with van der Waals surface area (Å²) in [7, 11) is 0. The van der Waals surface area contributed by atoms with Crippen LogP contribution in [-0.4, -0.2) is 39.6 Å². The van der Waals surface area contributed by atoms with Crippen molar-refractivity contribution < 1.29 is 19.7 Å². The lowest BCUT2D eigenvalue weighted by molar-refractivity contribution is -0.235. The minimum atomic E-state index is -0.843. The molecule has 21 heavy (non-hydrogen) atoms. The van der Waals surface area contributed by atoms with Crippen LogP contribution in [0.25, 0.3) is 5.69 Å². The van der Waals surface area contributed by atoms with Gasteiger partial charge in [-0.05, 0) is 19.1 Å². The first-order chi connectivity index (χ1) is 10.2. The van der Waals surface area contributed by atoms with Crippen molar-refractivity contribution in [2.24, 2.45) is 4.99 Å². The summed E-state index contributed by atoms with van der Waals surface area (Å²) < 4.78 is 7.15. The molecule has 108 valence electrons. The zero-order chi connectivity index (χ0) is 14.8. The van der Waals surface area contributed by atoms with Gasteiger partial charge in [-0.15, -0.1) is 0 Å². The van der Waals surface area contributed by atoms with Gasteiger partial charge in [-0.1, -0.05) is 18.2 Å². The van der Waals surface area contributed by atoms with Gasteiger partial charge in [-0.3, -0.25) is 4.89 Å². The molecule has 0 fully saturated rings. The Labute approximate surface area is 120 Å². The normalized spacial score (nSPS) is 17.2. The van der Waals surface area contributed by atoms with Crippen molar-refractivity contribution in [2.45, 2.75) is 13.0 Å². The fraction of sp³-hybridized carbons (Fsp3) is 0.214. The van der Waals surface area contributed by atoms with Gasteiger partial charge in [0.15, 0.2) is 6.04 Å². The number of carbonyl (C=O) groups is 1. The number of hydrogen-bond acceptors (Lipinski definition) is 6. The summed E-state index contributed by atoms with van der Waals surface area (Å²) in [4.78, 5) is 19.0. The summed E-state index contributed by atoms with van der Waals surface area (Å²) in [6.07, 6.45) is 1.63. The van der Waals surface area contributed by atoms with Gasteiger partial charge in [0.05, 0.1) is 23.1 Å². The van der Waals surface area contributed by atoms with Gasteiger partial charge in [-0.2, -0.15) is 10.4 Å². The molecule has 1 aromatic carbocycles. The minimum Gasteiger partial charge on any atom is -0.474 e. The molecule has 7 heteroatoms. The smallest absolute Gasteiger partial charge is 0.369 e. The molecule has 2 aromatic rings. The average molecular weight is 287 g/mol. The first kappa shape index (κ1) is 13.3. The molecule has 0 saturated carbocycles. The highest BCUT2D eigenvalue weighted by Crippen LogP contribution is 2.18. The summed E-state index contributed by atoms with van der Waals surface area (Å²) >= 11 is 0. The summed E-state index contributed by atoms with van der Waals surface area (Å²) in [5.41, 5.74) is 2.47. The van der Waals surface area contributed by atoms with Gasteiger partial charge in [0, 0.05) is 0 Å². The molecule has 1 aromatic heterocycles. The molecule has 0 amide bonds. The van der Waals surface area contributed by atoms with E-state index in [0.717, 1.165) is 11.4 Å². The Kier molecular flexibility index (Phi) is 3.41. The lowest BCUT2D eigenvalue weighted by Gasteiger charge is -2.05. The topological polar surface area (TPSA) is 85.9 Å². The SMILES string of the molecule is Cc1c(C2=N[C@@H](C(=O)OO)CO2)cnn1-c1ccccc1. The van der Waals surface area contributed by atoms with Crippen LogP contribution >= 0.6 is 0 Å². The van der Waals surface area contributed by atoms with E-state index in [1.54, 1.807) is 10.9 Å². The van der Waals surface area contributed by atoms with Crippen LogP contribution in [0.15, 0.2) is 41.5 Å². The second kappa shape index (κ2) is 5.37. The first-order valence-electron chi connectivity index (χ1n) is 6.37. The van der Waals surface area contributed by atoms with Crippen LogP contribution in [-0.2, 0) is 14.4 Å². The van der Waals surface area contributed by atoms with Crippen LogP contribution in [0.1, 0.15) is 11.3 Å². The number of carbonyl (C=O) groups excluding carboxylic acids is 1. The Morgan fingerprint density at radius 3 is 2.90 bits per heavy atom. The van der Waals surface area contributed by atoms with Crippen molar-refractivity contribution in [3.8, 4) is 5.69 Å². The average Bonchev–Trinajstić information content (AvgIpc) is 3.14. The molecule has 1 aliphatic heterocycles. The summed E-state index contributed by atoms with van der Waals surface area (Å²) in [6, 6.07) is 8.81. The number of aromatic nitrogens is 2. The molecule has 0 bridgehead atoms. The summed E-state index contributed by atoms with van der Waals surface area (Å²) in [5.74, 6) is -0.511. The zero-order valence-corrected chi connectivity index (χ0v) is 11.3. The zero-order valence-electron chi connectivity index (χ0n) is 11.3. The third-order valence-corrected chi connectivity index (χ3v) is 3.25. The maximum absolute atomic E-state index is 11.2. The molecule has 7 nitrogen and oxygen atoms in total. The number of ether oxygens (including phenoxy) is 1. The van der Waals surface area contributed by atoms with Crippen LogP contribution in [0.2, 0.25) is 0 Å². The van der Waals surface area contributed by atoms with E-state index in [2.05, 4.69) is 15.0 Å². The van der Waals surface area contributed by atoms with E-state index in [0.29, 0.717) is 11.5 Å². The number of nitrogens with zero attached hydrogens (tertiary/aromatic N) is 3. The Balaban J connectivity index is 1.92. The molecule has 0 aliphatic carbocycles. The first-order valence-corrected chi connectivity index (χ1v) is 6.37. The predicted octanol–water partition coefficient (Wildman–Crippen LogP) is 1.34. The molecule has 0 unspecified atom stereocenters. The number of para-hydroxylation sites is 1. The predicted molar refractivity (Wildman–Crippen MR) is 73.3 cm³/mol. The van der Waals surface area contributed by atoms with Crippen molar-refractivity contribution in [1.29, 1.82) is 0 Å². The van der Waals surface area contributed by atoms with Crippen molar-refractivity contribution in [2.75, 3.05) is 6.61 Å². The van der Waals surface area contributed by atoms with E-state index in [9.17, 15) is 4.79 Å². The van der Waals surface area contributed by atoms with Gasteiger partial charge in [0.2, 0.25) is 5.90 Å². The second-order valence-electron chi connectivity index (χ2n) is 4.56. The van der Waals surface area contributed by atoms with E-state index >= 15 is 0 Å². The van der Waals surface area contributed by atoms with E-state index in [1.165, 1.54) is 0 Å². The highest BCUT2D eigenvalue weighted by atomic mass is 17.1. The number of rotatable bonds is 3. The quantitative estimate of drug-likeness (QED) is 0.680. The van der Waals surface area contributed by atoms with E-state index in [4.69, 9.17) is 9.99 Å². The van der Waals surface area contributed by atoms with Gasteiger partial charge >= 0.3 is 5.97 Å². The van der Waals surface area contributed by atoms with E-state index in [1.807, 2.05) is 37.3 Å². The highest BCUT2D eigenvalue weighted by molar-refractivity contribution is 5.98. The van der Waals surface area contributed by atoms with E-state index in [-0.39, 0.29) is 6.61 Å². The van der Waals surface area contributed by atoms with Crippen molar-refractivity contribution in [3.63, 3.8) is 0 Å². The van der Waals surface area contributed by atoms with Gasteiger partial charge < -0.3 is 4.74 Å². The molecule has 1 atom stereocenters. The third kappa shape index (κ3) is 2.38. The third-order valence-electron chi connectivity index (χ3n) is 3.25. The van der Waals surface area contributed by atoms with Crippen molar-refractivity contribution in [1.82, 2.24) is 9.78 Å². The standard InChI is InChI=1S/C14H13N3O4/c1-9-11(13-16-12(8-20-13)14(18)21-19)7-15-17(9)10-5-3-2-4-6-10/h2-7,12,19H,8H2,1H3/t12-/m1/s1. The molecule has 0 saturated heterocycles. The maximum Gasteiger partial charge on any atom is 0.369 e. The summed E-state index contributed by atoms with van der Waals surface area (Å²) in [5, 5.41) is 12.7. The highest BCUT2D eigenvalue weighted by Gasteiger charge is 2.29. The Morgan fingerprint density at radius 2 is 2.19 bits per heavy atom. The van der Waals surface area contributed by atoms with E-state index < -0.39 is 12.0 Å². The molecule has 2 heterocycles. The van der Waals surface area contributed by atoms with Crippen LogP contribution in [0.4, 0.5) is 0 Å². The maximum atomic E-state index is 11.2. The van der Waals surface area contributed by atoms with Gasteiger partial charge in [0.1, 0.15) is 6.61 Å². The summed E-state index contributed by atoms with van der Waals surface area (Å²) in [6.45, 7) is 1.93. The number of aliphatic imine (C=N–C) groups is 1.